The van der Waals surface area contributed by atoms with Crippen molar-refractivity contribution in [3.8, 4) is 5.75 Å². The van der Waals surface area contributed by atoms with E-state index < -0.39 is 42.1 Å². The van der Waals surface area contributed by atoms with Gasteiger partial charge < -0.3 is 19.5 Å². The zero-order valence-electron chi connectivity index (χ0n) is 20.1. The molecule has 0 aliphatic rings. The van der Waals surface area contributed by atoms with Gasteiger partial charge in [0.15, 0.2) is 4.90 Å². The average molecular weight is 534 g/mol. The number of hydrogen-bond donors (Lipinski definition) is 2. The molecule has 1 unspecified atom stereocenters. The lowest BCUT2D eigenvalue weighted by Gasteiger charge is -2.29. The minimum absolute atomic E-state index is 0.0214. The van der Waals surface area contributed by atoms with Gasteiger partial charge in [0.25, 0.3) is 0 Å². The highest BCUT2D eigenvalue weighted by molar-refractivity contribution is 7.90. The van der Waals surface area contributed by atoms with E-state index in [-0.39, 0.29) is 12.1 Å². The molecule has 0 fully saturated rings. The van der Waals surface area contributed by atoms with E-state index in [1.807, 2.05) is 0 Å². The summed E-state index contributed by atoms with van der Waals surface area (Å²) in [5.74, 6) is -0.580. The van der Waals surface area contributed by atoms with Crippen LogP contribution in [0.25, 0.3) is 0 Å². The second kappa shape index (κ2) is 12.5. The number of aryl methyl sites for hydroxylation is 1. The van der Waals surface area contributed by atoms with E-state index in [1.54, 1.807) is 61.5 Å². The van der Waals surface area contributed by atoms with Crippen molar-refractivity contribution in [1.82, 2.24) is 10.0 Å². The third-order valence-electron chi connectivity index (χ3n) is 5.35. The summed E-state index contributed by atoms with van der Waals surface area (Å²) in [5, 5.41) is 2.42. The van der Waals surface area contributed by atoms with Crippen LogP contribution in [0.5, 0.6) is 5.75 Å². The highest BCUT2D eigenvalue weighted by Crippen LogP contribution is 2.25. The van der Waals surface area contributed by atoms with Crippen molar-refractivity contribution < 1.29 is 32.0 Å². The molecule has 0 aliphatic carbocycles. The van der Waals surface area contributed by atoms with Crippen LogP contribution in [-0.4, -0.2) is 42.4 Å². The van der Waals surface area contributed by atoms with Crippen LogP contribution >= 0.6 is 0 Å². The Kier molecular flexibility index (Phi) is 9.42. The van der Waals surface area contributed by atoms with Gasteiger partial charge in [0.1, 0.15) is 29.7 Å². The van der Waals surface area contributed by atoms with Crippen molar-refractivity contribution in [1.29, 1.82) is 0 Å². The van der Waals surface area contributed by atoms with Crippen LogP contribution in [0.1, 0.15) is 11.1 Å². The standard InChI is InChI=1S/C26H26F3N3O4S/c1-18-8-6-7-11-23(18)37(35)31-25(34)30-22(16-19-9-4-3-5-10-19)24(33)32(17-26(27,28)29)20-12-14-21(36-2)15-13-20/h3-15,22H,16-17H2,1-2H3,(H2,30,31,34)/t22-,37?/m0/s1. The molecule has 7 nitrogen and oxygen atoms in total. The molecule has 196 valence electrons. The van der Waals surface area contributed by atoms with Gasteiger partial charge in [0, 0.05) is 17.7 Å². The third kappa shape index (κ3) is 8.16. The van der Waals surface area contributed by atoms with Gasteiger partial charge in [-0.3, -0.25) is 4.79 Å². The average Bonchev–Trinajstić information content (AvgIpc) is 2.87. The molecule has 0 bridgehead atoms. The molecule has 0 aromatic heterocycles. The normalized spacial score (nSPS) is 12.8. The van der Waals surface area contributed by atoms with Gasteiger partial charge in [-0.15, -0.1) is 4.72 Å². The van der Waals surface area contributed by atoms with Crippen LogP contribution in [-0.2, 0) is 22.6 Å². The second-order valence-electron chi connectivity index (χ2n) is 8.09. The van der Waals surface area contributed by atoms with Crippen molar-refractivity contribution in [3.05, 3.63) is 90.0 Å². The molecular formula is C26H26F3N3O4S. The minimum atomic E-state index is -4.71. The first-order valence-corrected chi connectivity index (χ1v) is 12.3. The maximum Gasteiger partial charge on any atom is 0.406 e. The van der Waals surface area contributed by atoms with E-state index in [2.05, 4.69) is 10.0 Å². The van der Waals surface area contributed by atoms with Crippen LogP contribution in [0.4, 0.5) is 23.7 Å². The summed E-state index contributed by atoms with van der Waals surface area (Å²) in [7, 11) is 1.41. The summed E-state index contributed by atoms with van der Waals surface area (Å²) in [4.78, 5) is 27.2. The fourth-order valence-electron chi connectivity index (χ4n) is 3.57. The Hall–Kier alpha value is -3.70. The first-order valence-electron chi connectivity index (χ1n) is 11.2. The molecule has 3 amide bonds. The number of amides is 3. The van der Waals surface area contributed by atoms with Crippen LogP contribution in [0.15, 0.2) is 83.8 Å². The molecular weight excluding hydrogens is 507 g/mol. The molecule has 3 aromatic rings. The number of methoxy groups -OCH3 is 1. The number of ether oxygens (including phenoxy) is 1. The number of nitrogens with one attached hydrogen (secondary N) is 2. The molecule has 0 radical (unpaired) electrons. The van der Waals surface area contributed by atoms with Gasteiger partial charge in [0.05, 0.1) is 7.11 Å². The zero-order valence-corrected chi connectivity index (χ0v) is 20.9. The molecule has 3 rings (SSSR count). The van der Waals surface area contributed by atoms with E-state index >= 15 is 0 Å². The van der Waals surface area contributed by atoms with E-state index in [1.165, 1.54) is 31.4 Å². The quantitative estimate of drug-likeness (QED) is 0.395. The van der Waals surface area contributed by atoms with Gasteiger partial charge >= 0.3 is 12.2 Å². The largest absolute Gasteiger partial charge is 0.588 e. The molecule has 0 aliphatic heterocycles. The molecule has 0 saturated carbocycles. The maximum atomic E-state index is 13.5. The summed E-state index contributed by atoms with van der Waals surface area (Å²) in [6.45, 7) is 0.153. The van der Waals surface area contributed by atoms with E-state index in [9.17, 15) is 27.3 Å². The zero-order chi connectivity index (χ0) is 27.0. The molecule has 37 heavy (non-hydrogen) atoms. The van der Waals surface area contributed by atoms with Crippen LogP contribution < -0.4 is 19.7 Å². The van der Waals surface area contributed by atoms with Gasteiger partial charge in [-0.1, -0.05) is 48.5 Å². The molecule has 0 spiro atoms. The van der Waals surface area contributed by atoms with Gasteiger partial charge in [-0.2, -0.15) is 13.2 Å². The number of rotatable bonds is 9. The minimum Gasteiger partial charge on any atom is -0.588 e. The van der Waals surface area contributed by atoms with E-state index in [0.717, 1.165) is 0 Å². The lowest BCUT2D eigenvalue weighted by molar-refractivity contribution is -0.133. The molecule has 3 aromatic carbocycles. The Morgan fingerprint density at radius 3 is 2.22 bits per heavy atom. The van der Waals surface area contributed by atoms with Crippen molar-refractivity contribution in [3.63, 3.8) is 0 Å². The summed E-state index contributed by atoms with van der Waals surface area (Å²) < 4.78 is 60.5. The predicted octanol–water partition coefficient (Wildman–Crippen LogP) is 4.53. The van der Waals surface area contributed by atoms with Crippen LogP contribution in [0.2, 0.25) is 0 Å². The topological polar surface area (TPSA) is 93.7 Å². The fourth-order valence-corrected chi connectivity index (χ4v) is 4.47. The summed E-state index contributed by atoms with van der Waals surface area (Å²) in [6.07, 6.45) is -4.80. The molecule has 0 saturated heterocycles. The first-order chi connectivity index (χ1) is 17.6. The molecule has 2 N–H and O–H groups in total. The van der Waals surface area contributed by atoms with Crippen molar-refractivity contribution in [2.75, 3.05) is 18.6 Å². The Bertz CT molecular complexity index is 1190. The highest BCUT2D eigenvalue weighted by atomic mass is 32.2. The van der Waals surface area contributed by atoms with Gasteiger partial charge in [-0.25, -0.2) is 4.79 Å². The number of carbonyl (C=O) groups excluding carboxylic acids is 2. The summed E-state index contributed by atoms with van der Waals surface area (Å²) in [5.41, 5.74) is 1.27. The van der Waals surface area contributed by atoms with Gasteiger partial charge in [-0.05, 0) is 42.8 Å². The SMILES string of the molecule is COc1ccc(N(CC(F)(F)F)C(=O)[C@H](Cc2ccccc2)NC(=O)N[S+]([O-])c2ccccc2C)cc1. The first kappa shape index (κ1) is 27.9. The van der Waals surface area contributed by atoms with Crippen molar-refractivity contribution >= 4 is 29.0 Å². The Morgan fingerprint density at radius 1 is 1.00 bits per heavy atom. The Morgan fingerprint density at radius 2 is 1.62 bits per heavy atom. The fraction of sp³-hybridized carbons (Fsp3) is 0.231. The lowest BCUT2D eigenvalue weighted by atomic mass is 10.0. The van der Waals surface area contributed by atoms with Crippen LogP contribution in [0.3, 0.4) is 0 Å². The maximum absolute atomic E-state index is 13.5. The number of nitrogens with zero attached hydrogens (tertiary/aromatic N) is 1. The van der Waals surface area contributed by atoms with E-state index in [0.29, 0.717) is 26.7 Å². The Balaban J connectivity index is 1.88. The number of anilines is 1. The van der Waals surface area contributed by atoms with Crippen molar-refractivity contribution in [2.24, 2.45) is 0 Å². The number of benzene rings is 3. The molecule has 2 atom stereocenters. The van der Waals surface area contributed by atoms with Crippen LogP contribution in [0, 0.1) is 6.92 Å². The number of alkyl halides is 3. The monoisotopic (exact) mass is 533 g/mol. The third-order valence-corrected chi connectivity index (χ3v) is 6.58. The van der Waals surface area contributed by atoms with Crippen molar-refractivity contribution in [2.45, 2.75) is 30.5 Å². The molecule has 11 heteroatoms. The number of urea groups is 1. The number of carbonyl (C=O) groups is 2. The molecule has 0 heterocycles. The highest BCUT2D eigenvalue weighted by Gasteiger charge is 2.37. The predicted molar refractivity (Wildman–Crippen MR) is 135 cm³/mol. The smallest absolute Gasteiger partial charge is 0.406 e. The van der Waals surface area contributed by atoms with E-state index in [4.69, 9.17) is 4.74 Å². The number of hydrogen-bond acceptors (Lipinski definition) is 4. The number of halogens is 3. The van der Waals surface area contributed by atoms with Gasteiger partial charge in [0.2, 0.25) is 5.91 Å². The summed E-state index contributed by atoms with van der Waals surface area (Å²) >= 11 is -1.95. The second-order valence-corrected chi connectivity index (χ2v) is 9.27. The lowest BCUT2D eigenvalue weighted by Crippen LogP contribution is -2.54. The summed E-state index contributed by atoms with van der Waals surface area (Å²) in [6, 6.07) is 18.4. The Labute approximate surface area is 215 Å².